The maximum atomic E-state index is 12.2. The van der Waals surface area contributed by atoms with Crippen LogP contribution in [0.1, 0.15) is 5.56 Å². The Balaban J connectivity index is 1.55. The fourth-order valence-electron chi connectivity index (χ4n) is 2.76. The lowest BCUT2D eigenvalue weighted by Gasteiger charge is -2.13. The molecular weight excluding hydrogens is 404 g/mol. The van der Waals surface area contributed by atoms with Gasteiger partial charge in [-0.2, -0.15) is 0 Å². The first kappa shape index (κ1) is 21.3. The number of benzene rings is 3. The molecule has 0 unspecified atom stereocenters. The summed E-state index contributed by atoms with van der Waals surface area (Å²) < 4.78 is 16.2. The normalized spacial score (nSPS) is 10.2. The van der Waals surface area contributed by atoms with Gasteiger partial charge in [0.2, 0.25) is 0 Å². The highest BCUT2D eigenvalue weighted by Gasteiger charge is 2.09. The van der Waals surface area contributed by atoms with Gasteiger partial charge in [-0.25, -0.2) is 0 Å². The van der Waals surface area contributed by atoms with Gasteiger partial charge in [-0.1, -0.05) is 23.7 Å². The summed E-state index contributed by atoms with van der Waals surface area (Å²) in [6.07, 6.45) is 0. The van der Waals surface area contributed by atoms with Gasteiger partial charge in [0.1, 0.15) is 5.75 Å². The molecule has 0 aliphatic heterocycles. The minimum atomic E-state index is -0.270. The molecule has 0 saturated carbocycles. The monoisotopic (exact) mass is 426 g/mol. The molecule has 0 heterocycles. The Morgan fingerprint density at radius 1 is 0.900 bits per heavy atom. The van der Waals surface area contributed by atoms with Crippen LogP contribution in [0.2, 0.25) is 5.02 Å². The summed E-state index contributed by atoms with van der Waals surface area (Å²) in [7, 11) is 3.15. The Bertz CT molecular complexity index is 993. The Labute approximate surface area is 180 Å². The van der Waals surface area contributed by atoms with Crippen molar-refractivity contribution in [1.29, 1.82) is 0 Å². The lowest BCUT2D eigenvalue weighted by atomic mass is 10.2. The fourth-order valence-corrected chi connectivity index (χ4v) is 2.95. The number of halogens is 1. The van der Waals surface area contributed by atoms with Gasteiger partial charge < -0.3 is 24.8 Å². The molecule has 0 fully saturated rings. The maximum Gasteiger partial charge on any atom is 0.262 e. The Kier molecular flexibility index (Phi) is 7.40. The molecule has 6 nitrogen and oxygen atoms in total. The van der Waals surface area contributed by atoms with Crippen LogP contribution in [0.5, 0.6) is 17.2 Å². The number of carbonyl (C=O) groups excluding carboxylic acids is 1. The average Bonchev–Trinajstić information content (AvgIpc) is 2.77. The van der Waals surface area contributed by atoms with Crippen molar-refractivity contribution in [3.05, 3.63) is 77.3 Å². The zero-order valence-electron chi connectivity index (χ0n) is 16.8. The van der Waals surface area contributed by atoms with E-state index in [-0.39, 0.29) is 12.5 Å². The highest BCUT2D eigenvalue weighted by atomic mass is 35.5. The molecule has 0 atom stereocenters. The second-order valence-corrected chi connectivity index (χ2v) is 6.85. The summed E-state index contributed by atoms with van der Waals surface area (Å²) in [5, 5.41) is 6.75. The second kappa shape index (κ2) is 10.4. The van der Waals surface area contributed by atoms with E-state index in [4.69, 9.17) is 25.8 Å². The summed E-state index contributed by atoms with van der Waals surface area (Å²) in [5.41, 5.74) is 2.60. The number of hydrogen-bond acceptors (Lipinski definition) is 5. The Morgan fingerprint density at radius 2 is 1.70 bits per heavy atom. The fraction of sp³-hybridized carbons (Fsp3) is 0.174. The van der Waals surface area contributed by atoms with Gasteiger partial charge in [-0.3, -0.25) is 4.79 Å². The molecule has 0 aromatic heterocycles. The molecule has 3 aromatic carbocycles. The van der Waals surface area contributed by atoms with Crippen LogP contribution >= 0.6 is 11.6 Å². The maximum absolute atomic E-state index is 12.2. The Hall–Kier alpha value is -3.38. The Morgan fingerprint density at radius 3 is 2.40 bits per heavy atom. The van der Waals surface area contributed by atoms with E-state index in [9.17, 15) is 4.79 Å². The molecule has 30 heavy (non-hydrogen) atoms. The van der Waals surface area contributed by atoms with Crippen LogP contribution in [0, 0.1) is 0 Å². The van der Waals surface area contributed by atoms with Crippen molar-refractivity contribution < 1.29 is 19.0 Å². The third-order valence-corrected chi connectivity index (χ3v) is 4.52. The third-order valence-electron chi connectivity index (χ3n) is 4.28. The number of amides is 1. The predicted molar refractivity (Wildman–Crippen MR) is 119 cm³/mol. The zero-order valence-corrected chi connectivity index (χ0v) is 17.5. The number of carbonyl (C=O) groups is 1. The topological polar surface area (TPSA) is 68.8 Å². The van der Waals surface area contributed by atoms with Crippen LogP contribution < -0.4 is 24.8 Å². The predicted octanol–water partition coefficient (Wildman–Crippen LogP) is 4.99. The quantitative estimate of drug-likeness (QED) is 0.504. The van der Waals surface area contributed by atoms with Crippen molar-refractivity contribution in [3.8, 4) is 17.2 Å². The summed E-state index contributed by atoms with van der Waals surface area (Å²) in [4.78, 5) is 12.2. The number of rotatable bonds is 9. The van der Waals surface area contributed by atoms with Crippen LogP contribution in [-0.2, 0) is 11.3 Å². The van der Waals surface area contributed by atoms with Crippen molar-refractivity contribution >= 4 is 28.9 Å². The molecule has 3 rings (SSSR count). The molecular formula is C23H23ClN2O4. The van der Waals surface area contributed by atoms with Gasteiger partial charge in [-0.05, 0) is 60.2 Å². The molecule has 0 bridgehead atoms. The minimum absolute atomic E-state index is 0.136. The number of methoxy groups -OCH3 is 2. The first-order valence-electron chi connectivity index (χ1n) is 9.30. The minimum Gasteiger partial charge on any atom is -0.497 e. The molecule has 7 heteroatoms. The van der Waals surface area contributed by atoms with E-state index in [0.29, 0.717) is 28.8 Å². The molecule has 0 saturated heterocycles. The average molecular weight is 427 g/mol. The molecule has 0 radical (unpaired) electrons. The van der Waals surface area contributed by atoms with Gasteiger partial charge in [0.15, 0.2) is 18.1 Å². The van der Waals surface area contributed by atoms with Gasteiger partial charge in [-0.15, -0.1) is 0 Å². The van der Waals surface area contributed by atoms with Crippen LogP contribution in [0.25, 0.3) is 0 Å². The summed E-state index contributed by atoms with van der Waals surface area (Å²) in [6.45, 7) is 0.456. The highest BCUT2D eigenvalue weighted by Crippen LogP contribution is 2.28. The highest BCUT2D eigenvalue weighted by molar-refractivity contribution is 6.30. The van der Waals surface area contributed by atoms with E-state index < -0.39 is 0 Å². The van der Waals surface area contributed by atoms with E-state index >= 15 is 0 Å². The van der Waals surface area contributed by atoms with Gasteiger partial charge >= 0.3 is 0 Å². The van der Waals surface area contributed by atoms with Crippen molar-refractivity contribution in [2.45, 2.75) is 6.54 Å². The lowest BCUT2D eigenvalue weighted by Crippen LogP contribution is -2.20. The third kappa shape index (κ3) is 6.06. The van der Waals surface area contributed by atoms with Gasteiger partial charge in [0.05, 0.1) is 14.2 Å². The SMILES string of the molecule is COc1ccc(NC(=O)COc2ccc(CNc3cccc(Cl)c3)cc2OC)cc1. The van der Waals surface area contributed by atoms with E-state index in [1.807, 2.05) is 36.4 Å². The first-order chi connectivity index (χ1) is 14.6. The number of ether oxygens (including phenoxy) is 3. The number of anilines is 2. The largest absolute Gasteiger partial charge is 0.497 e. The molecule has 0 spiro atoms. The van der Waals surface area contributed by atoms with Gasteiger partial charge in [0.25, 0.3) is 5.91 Å². The van der Waals surface area contributed by atoms with Gasteiger partial charge in [0, 0.05) is 22.9 Å². The first-order valence-corrected chi connectivity index (χ1v) is 9.68. The van der Waals surface area contributed by atoms with Crippen LogP contribution in [0.4, 0.5) is 11.4 Å². The zero-order chi connectivity index (χ0) is 21.3. The summed E-state index contributed by atoms with van der Waals surface area (Å²) in [5.74, 6) is 1.50. The summed E-state index contributed by atoms with van der Waals surface area (Å²) in [6, 6.07) is 20.2. The molecule has 0 aliphatic carbocycles. The summed E-state index contributed by atoms with van der Waals surface area (Å²) >= 11 is 6.01. The van der Waals surface area contributed by atoms with E-state index in [2.05, 4.69) is 10.6 Å². The van der Waals surface area contributed by atoms with Crippen LogP contribution in [0.15, 0.2) is 66.7 Å². The molecule has 156 valence electrons. The van der Waals surface area contributed by atoms with Crippen molar-refractivity contribution in [3.63, 3.8) is 0 Å². The van der Waals surface area contributed by atoms with Crippen molar-refractivity contribution in [2.75, 3.05) is 31.5 Å². The van der Waals surface area contributed by atoms with E-state index in [1.165, 1.54) is 0 Å². The molecule has 2 N–H and O–H groups in total. The van der Waals surface area contributed by atoms with Crippen molar-refractivity contribution in [2.24, 2.45) is 0 Å². The van der Waals surface area contributed by atoms with Crippen LogP contribution in [-0.4, -0.2) is 26.7 Å². The second-order valence-electron chi connectivity index (χ2n) is 6.41. The molecule has 1 amide bonds. The molecule has 0 aliphatic rings. The van der Waals surface area contributed by atoms with E-state index in [0.717, 1.165) is 17.0 Å². The van der Waals surface area contributed by atoms with E-state index in [1.54, 1.807) is 44.6 Å². The molecule has 3 aromatic rings. The number of hydrogen-bond donors (Lipinski definition) is 2. The van der Waals surface area contributed by atoms with Crippen molar-refractivity contribution in [1.82, 2.24) is 0 Å². The number of nitrogens with one attached hydrogen (secondary N) is 2. The standard InChI is InChI=1S/C23H23ClN2O4/c1-28-20-9-7-18(8-10-20)26-23(27)15-30-21-11-6-16(12-22(21)29-2)14-25-19-5-3-4-17(24)13-19/h3-13,25H,14-15H2,1-2H3,(H,26,27). The smallest absolute Gasteiger partial charge is 0.262 e. The van der Waals surface area contributed by atoms with Crippen LogP contribution in [0.3, 0.4) is 0 Å². The lowest BCUT2D eigenvalue weighted by molar-refractivity contribution is -0.118.